The summed E-state index contributed by atoms with van der Waals surface area (Å²) in [7, 11) is 0. The van der Waals surface area contributed by atoms with Crippen LogP contribution < -0.4 is 4.90 Å². The highest BCUT2D eigenvalue weighted by molar-refractivity contribution is 6.42. The van der Waals surface area contributed by atoms with Crippen LogP contribution in [-0.4, -0.2) is 59.1 Å². The average Bonchev–Trinajstić information content (AvgIpc) is 2.71. The van der Waals surface area contributed by atoms with E-state index in [0.29, 0.717) is 29.6 Å². The first-order chi connectivity index (χ1) is 14.7. The van der Waals surface area contributed by atoms with Crippen LogP contribution in [0.2, 0.25) is 10.0 Å². The van der Waals surface area contributed by atoms with Crippen molar-refractivity contribution in [3.63, 3.8) is 0 Å². The molecule has 1 atom stereocenters. The lowest BCUT2D eigenvalue weighted by Crippen LogP contribution is -2.45. The van der Waals surface area contributed by atoms with Crippen LogP contribution in [0.3, 0.4) is 0 Å². The SMILES string of the molecule is CCCN1CCC(C(C(=O)N(CC)c2ccc(Cl)c(Cl)c2)/C(=C\C(=O)O)C(=O)O)CC1. The number of amides is 1. The van der Waals surface area contributed by atoms with Gasteiger partial charge in [0, 0.05) is 18.3 Å². The number of carboxylic acid groups (broad SMARTS) is 2. The number of carbonyl (C=O) groups is 3. The Morgan fingerprint density at radius 3 is 2.29 bits per heavy atom. The van der Waals surface area contributed by atoms with E-state index in [2.05, 4.69) is 11.8 Å². The van der Waals surface area contributed by atoms with E-state index in [0.717, 1.165) is 26.1 Å². The fraction of sp³-hybridized carbons (Fsp3) is 0.500. The molecule has 0 bridgehead atoms. The number of aliphatic carboxylic acids is 2. The first kappa shape index (κ1) is 25.2. The zero-order valence-corrected chi connectivity index (χ0v) is 19.2. The van der Waals surface area contributed by atoms with E-state index < -0.39 is 29.3 Å². The molecular formula is C22H28Cl2N2O5. The van der Waals surface area contributed by atoms with Gasteiger partial charge in [0.05, 0.1) is 21.5 Å². The van der Waals surface area contributed by atoms with Gasteiger partial charge < -0.3 is 20.0 Å². The van der Waals surface area contributed by atoms with E-state index in [9.17, 15) is 24.6 Å². The van der Waals surface area contributed by atoms with Gasteiger partial charge in [-0.15, -0.1) is 0 Å². The summed E-state index contributed by atoms with van der Waals surface area (Å²) in [6.07, 6.45) is 2.87. The topological polar surface area (TPSA) is 98.2 Å². The van der Waals surface area contributed by atoms with E-state index in [4.69, 9.17) is 23.2 Å². The van der Waals surface area contributed by atoms with Crippen molar-refractivity contribution in [2.24, 2.45) is 11.8 Å². The molecule has 1 aliphatic rings. The second kappa shape index (κ2) is 11.5. The van der Waals surface area contributed by atoms with Crippen molar-refractivity contribution < 1.29 is 24.6 Å². The Morgan fingerprint density at radius 1 is 1.16 bits per heavy atom. The Hall–Kier alpha value is -2.09. The normalized spacial score (nSPS) is 16.7. The van der Waals surface area contributed by atoms with Crippen LogP contribution in [-0.2, 0) is 14.4 Å². The fourth-order valence-corrected chi connectivity index (χ4v) is 4.41. The van der Waals surface area contributed by atoms with Crippen LogP contribution in [0.15, 0.2) is 29.8 Å². The summed E-state index contributed by atoms with van der Waals surface area (Å²) in [5, 5.41) is 19.6. The maximum atomic E-state index is 13.6. The lowest BCUT2D eigenvalue weighted by atomic mass is 9.78. The molecule has 31 heavy (non-hydrogen) atoms. The third-order valence-electron chi connectivity index (χ3n) is 5.57. The molecule has 1 saturated heterocycles. The third-order valence-corrected chi connectivity index (χ3v) is 6.31. The lowest BCUT2D eigenvalue weighted by molar-refractivity contribution is -0.137. The quantitative estimate of drug-likeness (QED) is 0.525. The molecule has 2 N–H and O–H groups in total. The molecular weight excluding hydrogens is 443 g/mol. The van der Waals surface area contributed by atoms with Crippen LogP contribution in [0.4, 0.5) is 5.69 Å². The van der Waals surface area contributed by atoms with Gasteiger partial charge in [0.1, 0.15) is 0 Å². The summed E-state index contributed by atoms with van der Waals surface area (Å²) in [5.41, 5.74) is 0.0836. The second-order valence-corrected chi connectivity index (χ2v) is 8.40. The number of rotatable bonds is 9. The number of nitrogens with zero attached hydrogens (tertiary/aromatic N) is 2. The van der Waals surface area contributed by atoms with E-state index in [1.165, 1.54) is 4.90 Å². The van der Waals surface area contributed by atoms with Crippen molar-refractivity contribution in [2.45, 2.75) is 33.1 Å². The average molecular weight is 471 g/mol. The molecule has 7 nitrogen and oxygen atoms in total. The molecule has 0 radical (unpaired) electrons. The maximum absolute atomic E-state index is 13.6. The smallest absolute Gasteiger partial charge is 0.332 e. The first-order valence-electron chi connectivity index (χ1n) is 10.4. The highest BCUT2D eigenvalue weighted by Crippen LogP contribution is 2.35. The van der Waals surface area contributed by atoms with Gasteiger partial charge >= 0.3 is 11.9 Å². The van der Waals surface area contributed by atoms with Crippen LogP contribution in [0, 0.1) is 11.8 Å². The molecule has 1 heterocycles. The zero-order valence-electron chi connectivity index (χ0n) is 17.7. The molecule has 1 amide bonds. The van der Waals surface area contributed by atoms with Gasteiger partial charge in [-0.1, -0.05) is 30.1 Å². The largest absolute Gasteiger partial charge is 0.478 e. The van der Waals surface area contributed by atoms with Crippen molar-refractivity contribution >= 4 is 46.7 Å². The Morgan fingerprint density at radius 2 is 1.81 bits per heavy atom. The molecule has 1 unspecified atom stereocenters. The Balaban J connectivity index is 2.44. The van der Waals surface area contributed by atoms with Gasteiger partial charge in [0.25, 0.3) is 0 Å². The van der Waals surface area contributed by atoms with Crippen LogP contribution in [0.1, 0.15) is 33.1 Å². The van der Waals surface area contributed by atoms with Crippen molar-refractivity contribution in [3.05, 3.63) is 39.9 Å². The minimum atomic E-state index is -1.40. The Bertz CT molecular complexity index is 850. The molecule has 2 rings (SSSR count). The lowest BCUT2D eigenvalue weighted by Gasteiger charge is -2.37. The molecule has 1 aromatic rings. The summed E-state index contributed by atoms with van der Waals surface area (Å²) in [5.74, 6) is -4.60. The minimum Gasteiger partial charge on any atom is -0.478 e. The Kier molecular flexibility index (Phi) is 9.34. The number of halogens is 2. The highest BCUT2D eigenvalue weighted by atomic mass is 35.5. The number of piperidine rings is 1. The van der Waals surface area contributed by atoms with Crippen molar-refractivity contribution in [1.82, 2.24) is 4.90 Å². The molecule has 1 aliphatic heterocycles. The fourth-order valence-electron chi connectivity index (χ4n) is 4.12. The number of likely N-dealkylation sites (tertiary alicyclic amines) is 1. The standard InChI is InChI=1S/C22H28Cl2N2O5/c1-3-9-25-10-7-14(8-11-25)20(16(22(30)31)13-19(27)28)21(29)26(4-2)15-5-6-17(23)18(24)12-15/h5-6,12-14,20H,3-4,7-11H2,1-2H3,(H,27,28)(H,30,31)/b16-13+. The number of benzene rings is 1. The van der Waals surface area contributed by atoms with Crippen LogP contribution in [0.5, 0.6) is 0 Å². The molecule has 1 aromatic carbocycles. The molecule has 0 saturated carbocycles. The summed E-state index contributed by atoms with van der Waals surface area (Å²) in [6.45, 7) is 6.53. The molecule has 9 heteroatoms. The second-order valence-electron chi connectivity index (χ2n) is 7.58. The highest BCUT2D eigenvalue weighted by Gasteiger charge is 2.39. The summed E-state index contributed by atoms with van der Waals surface area (Å²) in [4.78, 5) is 40.7. The van der Waals surface area contributed by atoms with E-state index in [-0.39, 0.29) is 17.5 Å². The molecule has 0 aromatic heterocycles. The van der Waals surface area contributed by atoms with Crippen molar-refractivity contribution in [2.75, 3.05) is 31.1 Å². The van der Waals surface area contributed by atoms with Gasteiger partial charge in [-0.2, -0.15) is 0 Å². The van der Waals surface area contributed by atoms with E-state index in [1.807, 2.05) is 0 Å². The van der Waals surface area contributed by atoms with Gasteiger partial charge in [-0.25, -0.2) is 9.59 Å². The zero-order chi connectivity index (χ0) is 23.1. The van der Waals surface area contributed by atoms with Crippen LogP contribution in [0.25, 0.3) is 0 Å². The summed E-state index contributed by atoms with van der Waals surface area (Å²) >= 11 is 12.1. The third kappa shape index (κ3) is 6.45. The van der Waals surface area contributed by atoms with E-state index >= 15 is 0 Å². The summed E-state index contributed by atoms with van der Waals surface area (Å²) < 4.78 is 0. The number of hydrogen-bond acceptors (Lipinski definition) is 4. The molecule has 170 valence electrons. The maximum Gasteiger partial charge on any atom is 0.332 e. The van der Waals surface area contributed by atoms with Gasteiger partial charge in [0.2, 0.25) is 5.91 Å². The number of carboxylic acids is 2. The predicted octanol–water partition coefficient (Wildman–Crippen LogP) is 4.18. The summed E-state index contributed by atoms with van der Waals surface area (Å²) in [6, 6.07) is 4.75. The molecule has 1 fully saturated rings. The first-order valence-corrected chi connectivity index (χ1v) is 11.1. The van der Waals surface area contributed by atoms with Gasteiger partial charge in [-0.05, 0) is 69.9 Å². The van der Waals surface area contributed by atoms with E-state index in [1.54, 1.807) is 25.1 Å². The van der Waals surface area contributed by atoms with Gasteiger partial charge in [-0.3, -0.25) is 4.79 Å². The van der Waals surface area contributed by atoms with Crippen molar-refractivity contribution in [3.8, 4) is 0 Å². The molecule has 0 aliphatic carbocycles. The predicted molar refractivity (Wildman–Crippen MR) is 121 cm³/mol. The van der Waals surface area contributed by atoms with Crippen molar-refractivity contribution in [1.29, 1.82) is 0 Å². The number of anilines is 1. The van der Waals surface area contributed by atoms with Crippen LogP contribution >= 0.6 is 23.2 Å². The minimum absolute atomic E-state index is 0.266. The number of carbonyl (C=O) groups excluding carboxylic acids is 1. The van der Waals surface area contributed by atoms with Gasteiger partial charge in [0.15, 0.2) is 0 Å². The monoisotopic (exact) mass is 470 g/mol. The number of hydrogen-bond donors (Lipinski definition) is 2. The molecule has 0 spiro atoms. The Labute approximate surface area is 192 Å².